The zero-order chi connectivity index (χ0) is 14.8. The van der Waals surface area contributed by atoms with Gasteiger partial charge < -0.3 is 15.1 Å². The van der Waals surface area contributed by atoms with Crippen molar-refractivity contribution in [2.24, 2.45) is 0 Å². The van der Waals surface area contributed by atoms with Gasteiger partial charge in [0.1, 0.15) is 0 Å². The number of carbonyl (C=O) groups is 1. The molecule has 2 heterocycles. The summed E-state index contributed by atoms with van der Waals surface area (Å²) < 4.78 is 0. The van der Waals surface area contributed by atoms with E-state index in [0.29, 0.717) is 5.91 Å². The maximum Gasteiger partial charge on any atom is 0.239 e. The lowest BCUT2D eigenvalue weighted by Gasteiger charge is -2.38. The lowest BCUT2D eigenvalue weighted by Crippen LogP contribution is -2.53. The predicted octanol–water partition coefficient (Wildman–Crippen LogP) is 2.55. The quantitative estimate of drug-likeness (QED) is 0.881. The molecule has 1 aromatic rings. The summed E-state index contributed by atoms with van der Waals surface area (Å²) in [5.74, 6) is 0.299. The van der Waals surface area contributed by atoms with Crippen LogP contribution in [0.15, 0.2) is 18.2 Å². The number of nitrogens with zero attached hydrogens (tertiary/aromatic N) is 2. The van der Waals surface area contributed by atoms with Crippen molar-refractivity contribution >= 4 is 36.4 Å². The fourth-order valence-electron chi connectivity index (χ4n) is 3.36. The molecule has 2 aliphatic rings. The number of rotatable bonds is 2. The standard InChI is InChI=1S/C17H25N3O.2ClH/c1-13-5-3-7-16(14(13)2)19-9-11-20(12-10-19)17(21)15-6-4-8-18-15;;/h3,5,7,15,18H,4,6,8-12H2,1-2H3;2*1H/t15-;;/m0../s1. The SMILES string of the molecule is Cc1cccc(N2CCN(C(=O)[C@@H]3CCCN3)CC2)c1C.Cl.Cl. The van der Waals surface area contributed by atoms with E-state index in [1.54, 1.807) is 0 Å². The highest BCUT2D eigenvalue weighted by Crippen LogP contribution is 2.24. The molecule has 0 aliphatic carbocycles. The van der Waals surface area contributed by atoms with E-state index in [2.05, 4.69) is 42.3 Å². The molecule has 0 spiro atoms. The molecular weight excluding hydrogens is 333 g/mol. The Hall–Kier alpha value is -0.970. The number of carbonyl (C=O) groups excluding carboxylic acids is 1. The lowest BCUT2D eigenvalue weighted by atomic mass is 10.1. The van der Waals surface area contributed by atoms with Gasteiger partial charge in [-0.1, -0.05) is 12.1 Å². The molecule has 4 nitrogen and oxygen atoms in total. The Balaban J connectivity index is 0.00000132. The molecule has 1 N–H and O–H groups in total. The van der Waals surface area contributed by atoms with Crippen LogP contribution in [0, 0.1) is 13.8 Å². The zero-order valence-corrected chi connectivity index (χ0v) is 15.5. The first-order valence-corrected chi connectivity index (χ1v) is 8.00. The topological polar surface area (TPSA) is 35.6 Å². The van der Waals surface area contributed by atoms with E-state index in [1.165, 1.54) is 16.8 Å². The second-order valence-electron chi connectivity index (χ2n) is 6.18. The Bertz CT molecular complexity index is 525. The minimum Gasteiger partial charge on any atom is -0.368 e. The predicted molar refractivity (Wildman–Crippen MR) is 100 cm³/mol. The number of anilines is 1. The second kappa shape index (κ2) is 8.76. The number of hydrogen-bond donors (Lipinski definition) is 1. The lowest BCUT2D eigenvalue weighted by molar-refractivity contribution is -0.133. The molecule has 130 valence electrons. The van der Waals surface area contributed by atoms with Crippen LogP contribution in [0.3, 0.4) is 0 Å². The maximum atomic E-state index is 12.4. The minimum atomic E-state index is 0. The number of hydrogen-bond acceptors (Lipinski definition) is 3. The molecule has 6 heteroatoms. The van der Waals surface area contributed by atoms with E-state index >= 15 is 0 Å². The van der Waals surface area contributed by atoms with E-state index in [-0.39, 0.29) is 30.9 Å². The van der Waals surface area contributed by atoms with Crippen molar-refractivity contribution in [1.29, 1.82) is 0 Å². The average molecular weight is 360 g/mol. The van der Waals surface area contributed by atoms with Gasteiger partial charge in [0.2, 0.25) is 5.91 Å². The number of halogens is 2. The van der Waals surface area contributed by atoms with E-state index in [1.807, 2.05) is 4.90 Å². The van der Waals surface area contributed by atoms with Crippen LogP contribution in [0.1, 0.15) is 24.0 Å². The van der Waals surface area contributed by atoms with Gasteiger partial charge in [0.15, 0.2) is 0 Å². The summed E-state index contributed by atoms with van der Waals surface area (Å²) in [4.78, 5) is 16.9. The molecule has 2 aliphatic heterocycles. The van der Waals surface area contributed by atoms with Crippen LogP contribution in [-0.4, -0.2) is 49.6 Å². The molecular formula is C17H27Cl2N3O. The highest BCUT2D eigenvalue weighted by atomic mass is 35.5. The van der Waals surface area contributed by atoms with Gasteiger partial charge >= 0.3 is 0 Å². The number of nitrogens with one attached hydrogen (secondary N) is 1. The van der Waals surface area contributed by atoms with E-state index < -0.39 is 0 Å². The molecule has 0 aromatic heterocycles. The van der Waals surface area contributed by atoms with Crippen LogP contribution in [0.25, 0.3) is 0 Å². The molecule has 0 unspecified atom stereocenters. The molecule has 2 saturated heterocycles. The third kappa shape index (κ3) is 4.31. The summed E-state index contributed by atoms with van der Waals surface area (Å²) in [6.07, 6.45) is 2.12. The van der Waals surface area contributed by atoms with Crippen molar-refractivity contribution in [3.63, 3.8) is 0 Å². The van der Waals surface area contributed by atoms with Crippen LogP contribution < -0.4 is 10.2 Å². The highest BCUT2D eigenvalue weighted by molar-refractivity contribution is 5.85. The third-order valence-corrected chi connectivity index (χ3v) is 4.87. The first-order valence-electron chi connectivity index (χ1n) is 8.00. The fraction of sp³-hybridized carbons (Fsp3) is 0.588. The molecule has 1 amide bonds. The smallest absolute Gasteiger partial charge is 0.239 e. The monoisotopic (exact) mass is 359 g/mol. The van der Waals surface area contributed by atoms with E-state index in [4.69, 9.17) is 0 Å². The van der Waals surface area contributed by atoms with Gasteiger partial charge in [-0.15, -0.1) is 24.8 Å². The molecule has 3 rings (SSSR count). The number of aryl methyl sites for hydroxylation is 1. The Morgan fingerprint density at radius 3 is 2.43 bits per heavy atom. The first kappa shape index (κ1) is 20.1. The Labute approximate surface area is 151 Å². The van der Waals surface area contributed by atoms with Gasteiger partial charge in [-0.3, -0.25) is 4.79 Å². The van der Waals surface area contributed by atoms with E-state index in [0.717, 1.165) is 45.6 Å². The van der Waals surface area contributed by atoms with Crippen molar-refractivity contribution in [2.75, 3.05) is 37.6 Å². The van der Waals surface area contributed by atoms with Crippen molar-refractivity contribution in [3.05, 3.63) is 29.3 Å². The van der Waals surface area contributed by atoms with Crippen LogP contribution >= 0.6 is 24.8 Å². The Morgan fingerprint density at radius 2 is 1.83 bits per heavy atom. The molecule has 0 bridgehead atoms. The number of piperazine rings is 1. The van der Waals surface area contributed by atoms with Gasteiger partial charge in [0.25, 0.3) is 0 Å². The number of amides is 1. The molecule has 2 fully saturated rings. The zero-order valence-electron chi connectivity index (χ0n) is 13.9. The molecule has 23 heavy (non-hydrogen) atoms. The minimum absolute atomic E-state index is 0. The van der Waals surface area contributed by atoms with Gasteiger partial charge in [0, 0.05) is 31.9 Å². The first-order chi connectivity index (χ1) is 10.2. The molecule has 1 aromatic carbocycles. The van der Waals surface area contributed by atoms with E-state index in [9.17, 15) is 4.79 Å². The molecule has 0 radical (unpaired) electrons. The third-order valence-electron chi connectivity index (χ3n) is 4.87. The van der Waals surface area contributed by atoms with Gasteiger partial charge in [-0.2, -0.15) is 0 Å². The van der Waals surface area contributed by atoms with Crippen molar-refractivity contribution in [1.82, 2.24) is 10.2 Å². The second-order valence-corrected chi connectivity index (χ2v) is 6.18. The summed E-state index contributed by atoms with van der Waals surface area (Å²) in [6, 6.07) is 6.54. The van der Waals surface area contributed by atoms with Gasteiger partial charge in [0.05, 0.1) is 6.04 Å². The average Bonchev–Trinajstić information content (AvgIpc) is 3.04. The number of benzene rings is 1. The van der Waals surface area contributed by atoms with Crippen LogP contribution in [0.4, 0.5) is 5.69 Å². The fourth-order valence-corrected chi connectivity index (χ4v) is 3.36. The normalized spacial score (nSPS) is 20.7. The Morgan fingerprint density at radius 1 is 1.13 bits per heavy atom. The Kier molecular flexibility index (Phi) is 7.65. The molecule has 1 atom stereocenters. The van der Waals surface area contributed by atoms with Crippen LogP contribution in [0.5, 0.6) is 0 Å². The van der Waals surface area contributed by atoms with Crippen molar-refractivity contribution < 1.29 is 4.79 Å². The van der Waals surface area contributed by atoms with Crippen LogP contribution in [-0.2, 0) is 4.79 Å². The summed E-state index contributed by atoms with van der Waals surface area (Å²) >= 11 is 0. The maximum absolute atomic E-state index is 12.4. The summed E-state index contributed by atoms with van der Waals surface area (Å²) in [5, 5.41) is 3.31. The van der Waals surface area contributed by atoms with Crippen molar-refractivity contribution in [3.8, 4) is 0 Å². The summed E-state index contributed by atoms with van der Waals surface area (Å²) in [6.45, 7) is 8.87. The highest BCUT2D eigenvalue weighted by Gasteiger charge is 2.29. The summed E-state index contributed by atoms with van der Waals surface area (Å²) in [7, 11) is 0. The molecule has 0 saturated carbocycles. The van der Waals surface area contributed by atoms with Gasteiger partial charge in [-0.05, 0) is 50.4 Å². The van der Waals surface area contributed by atoms with Gasteiger partial charge in [-0.25, -0.2) is 0 Å². The summed E-state index contributed by atoms with van der Waals surface area (Å²) in [5.41, 5.74) is 4.01. The van der Waals surface area contributed by atoms with Crippen molar-refractivity contribution in [2.45, 2.75) is 32.7 Å². The van der Waals surface area contributed by atoms with Crippen LogP contribution in [0.2, 0.25) is 0 Å². The largest absolute Gasteiger partial charge is 0.368 e.